The molecule has 0 aliphatic carbocycles. The van der Waals surface area contributed by atoms with Crippen LogP contribution in [0.5, 0.6) is 0 Å². The molecule has 0 heterocycles. The minimum absolute atomic E-state index is 0.334. The van der Waals surface area contributed by atoms with Gasteiger partial charge in [-0.05, 0) is 26.3 Å². The van der Waals surface area contributed by atoms with Gasteiger partial charge < -0.3 is 15.4 Å². The molecule has 0 aromatic carbocycles. The summed E-state index contributed by atoms with van der Waals surface area (Å²) >= 11 is 0. The first kappa shape index (κ1) is 15.9. The van der Waals surface area contributed by atoms with Crippen molar-refractivity contribution in [3.8, 4) is 0 Å². The Labute approximate surface area is 102 Å². The molecule has 100 valence electrons. The highest BCUT2D eigenvalue weighted by molar-refractivity contribution is 5.96. The Bertz CT molecular complexity index is 234. The van der Waals surface area contributed by atoms with Gasteiger partial charge in [-0.1, -0.05) is 6.92 Å². The van der Waals surface area contributed by atoms with Crippen molar-refractivity contribution in [1.29, 1.82) is 0 Å². The number of imide groups is 1. The zero-order valence-electron chi connectivity index (χ0n) is 10.8. The molecule has 3 amide bonds. The minimum Gasteiger partial charge on any atom is -0.381 e. The van der Waals surface area contributed by atoms with Crippen LogP contribution in [0.15, 0.2) is 0 Å². The standard InChI is InChI=1S/C11H23N3O3/c1-4-7-17-8-5-6-13-9(2)10(15)14-11(16)12-3/h9,13H,4-8H2,1-3H3,(H2,12,14,15,16). The van der Waals surface area contributed by atoms with Crippen molar-refractivity contribution < 1.29 is 14.3 Å². The maximum Gasteiger partial charge on any atom is 0.321 e. The summed E-state index contributed by atoms with van der Waals surface area (Å²) in [6.45, 7) is 5.91. The van der Waals surface area contributed by atoms with Gasteiger partial charge in [-0.25, -0.2) is 4.79 Å². The van der Waals surface area contributed by atoms with Crippen LogP contribution < -0.4 is 16.0 Å². The van der Waals surface area contributed by atoms with E-state index in [1.807, 2.05) is 0 Å². The second-order valence-electron chi connectivity index (χ2n) is 3.71. The molecule has 1 atom stereocenters. The van der Waals surface area contributed by atoms with Crippen LogP contribution >= 0.6 is 0 Å². The summed E-state index contributed by atoms with van der Waals surface area (Å²) < 4.78 is 5.30. The number of carbonyl (C=O) groups excluding carboxylic acids is 2. The topological polar surface area (TPSA) is 79.5 Å². The van der Waals surface area contributed by atoms with E-state index < -0.39 is 12.1 Å². The highest BCUT2D eigenvalue weighted by atomic mass is 16.5. The first-order valence-electron chi connectivity index (χ1n) is 5.95. The van der Waals surface area contributed by atoms with Crippen LogP contribution in [0.4, 0.5) is 4.79 Å². The summed E-state index contributed by atoms with van der Waals surface area (Å²) in [5.41, 5.74) is 0. The highest BCUT2D eigenvalue weighted by Gasteiger charge is 2.13. The fourth-order valence-corrected chi connectivity index (χ4v) is 1.11. The molecule has 0 radical (unpaired) electrons. The lowest BCUT2D eigenvalue weighted by atomic mass is 10.3. The van der Waals surface area contributed by atoms with E-state index >= 15 is 0 Å². The molecule has 6 heteroatoms. The summed E-state index contributed by atoms with van der Waals surface area (Å²) in [5, 5.41) is 7.55. The quantitative estimate of drug-likeness (QED) is 0.535. The molecular weight excluding hydrogens is 222 g/mol. The van der Waals surface area contributed by atoms with Gasteiger partial charge >= 0.3 is 6.03 Å². The SMILES string of the molecule is CCCOCCCNC(C)C(=O)NC(=O)NC. The number of rotatable bonds is 8. The molecule has 0 aromatic heterocycles. The summed E-state index contributed by atoms with van der Waals surface area (Å²) in [6.07, 6.45) is 1.86. The third-order valence-corrected chi connectivity index (χ3v) is 2.12. The average Bonchev–Trinajstić information content (AvgIpc) is 2.32. The predicted molar refractivity (Wildman–Crippen MR) is 65.8 cm³/mol. The predicted octanol–water partition coefficient (Wildman–Crippen LogP) is 0.237. The maximum atomic E-state index is 11.4. The van der Waals surface area contributed by atoms with Gasteiger partial charge in [-0.15, -0.1) is 0 Å². The smallest absolute Gasteiger partial charge is 0.321 e. The number of hydrogen-bond donors (Lipinski definition) is 3. The molecule has 0 aliphatic rings. The van der Waals surface area contributed by atoms with E-state index in [4.69, 9.17) is 4.74 Å². The van der Waals surface area contributed by atoms with Crippen molar-refractivity contribution >= 4 is 11.9 Å². The number of ether oxygens (including phenoxy) is 1. The lowest BCUT2D eigenvalue weighted by Gasteiger charge is -2.13. The Hall–Kier alpha value is -1.14. The van der Waals surface area contributed by atoms with Crippen LogP contribution in [0, 0.1) is 0 Å². The third-order valence-electron chi connectivity index (χ3n) is 2.12. The van der Waals surface area contributed by atoms with Crippen molar-refractivity contribution in [2.75, 3.05) is 26.8 Å². The van der Waals surface area contributed by atoms with Crippen molar-refractivity contribution in [3.05, 3.63) is 0 Å². The Morgan fingerprint density at radius 3 is 2.59 bits per heavy atom. The first-order valence-corrected chi connectivity index (χ1v) is 5.95. The molecule has 0 rings (SSSR count). The maximum absolute atomic E-state index is 11.4. The summed E-state index contributed by atoms with van der Waals surface area (Å²) in [4.78, 5) is 22.3. The zero-order valence-corrected chi connectivity index (χ0v) is 10.8. The molecule has 0 bridgehead atoms. The fourth-order valence-electron chi connectivity index (χ4n) is 1.11. The Kier molecular flexibility index (Phi) is 9.37. The van der Waals surface area contributed by atoms with E-state index in [-0.39, 0.29) is 5.91 Å². The van der Waals surface area contributed by atoms with Gasteiger partial charge in [0.25, 0.3) is 0 Å². The number of urea groups is 1. The van der Waals surface area contributed by atoms with E-state index in [2.05, 4.69) is 22.9 Å². The summed E-state index contributed by atoms with van der Waals surface area (Å²) in [7, 11) is 1.46. The lowest BCUT2D eigenvalue weighted by molar-refractivity contribution is -0.121. The molecule has 0 saturated carbocycles. The summed E-state index contributed by atoms with van der Waals surface area (Å²) in [5.74, 6) is -0.334. The molecule has 0 aliphatic heterocycles. The van der Waals surface area contributed by atoms with Gasteiger partial charge in [0.15, 0.2) is 0 Å². The molecule has 3 N–H and O–H groups in total. The zero-order chi connectivity index (χ0) is 13.1. The molecule has 0 spiro atoms. The van der Waals surface area contributed by atoms with Crippen molar-refractivity contribution in [1.82, 2.24) is 16.0 Å². The highest BCUT2D eigenvalue weighted by Crippen LogP contribution is 1.87. The van der Waals surface area contributed by atoms with Crippen LogP contribution in [0.25, 0.3) is 0 Å². The first-order chi connectivity index (χ1) is 8.11. The van der Waals surface area contributed by atoms with Gasteiger partial charge in [0.2, 0.25) is 5.91 Å². The molecule has 17 heavy (non-hydrogen) atoms. The minimum atomic E-state index is -0.491. The van der Waals surface area contributed by atoms with Gasteiger partial charge in [0.05, 0.1) is 6.04 Å². The number of carbonyl (C=O) groups is 2. The van der Waals surface area contributed by atoms with E-state index in [0.717, 1.165) is 19.4 Å². The van der Waals surface area contributed by atoms with Gasteiger partial charge in [0.1, 0.15) is 0 Å². The normalized spacial score (nSPS) is 11.9. The molecule has 6 nitrogen and oxygen atoms in total. The Morgan fingerprint density at radius 2 is 2.00 bits per heavy atom. The van der Waals surface area contributed by atoms with E-state index in [9.17, 15) is 9.59 Å². The third kappa shape index (κ3) is 8.65. The van der Waals surface area contributed by atoms with Gasteiger partial charge in [-0.2, -0.15) is 0 Å². The molecule has 1 unspecified atom stereocenters. The Morgan fingerprint density at radius 1 is 1.29 bits per heavy atom. The number of hydrogen-bond acceptors (Lipinski definition) is 4. The largest absolute Gasteiger partial charge is 0.381 e. The average molecular weight is 245 g/mol. The number of amides is 3. The summed E-state index contributed by atoms with van der Waals surface area (Å²) in [6, 6.07) is -0.881. The molecule has 0 fully saturated rings. The van der Waals surface area contributed by atoms with Crippen LogP contribution in [0.2, 0.25) is 0 Å². The van der Waals surface area contributed by atoms with Crippen LogP contribution in [-0.4, -0.2) is 44.8 Å². The fraction of sp³-hybridized carbons (Fsp3) is 0.818. The van der Waals surface area contributed by atoms with E-state index in [0.29, 0.717) is 13.2 Å². The lowest BCUT2D eigenvalue weighted by Crippen LogP contribution is -2.47. The monoisotopic (exact) mass is 245 g/mol. The van der Waals surface area contributed by atoms with Crippen molar-refractivity contribution in [3.63, 3.8) is 0 Å². The van der Waals surface area contributed by atoms with Gasteiger partial charge in [-0.3, -0.25) is 10.1 Å². The number of nitrogens with one attached hydrogen (secondary N) is 3. The van der Waals surface area contributed by atoms with E-state index in [1.165, 1.54) is 7.05 Å². The Balaban J connectivity index is 3.54. The van der Waals surface area contributed by atoms with Crippen molar-refractivity contribution in [2.45, 2.75) is 32.7 Å². The molecular formula is C11H23N3O3. The van der Waals surface area contributed by atoms with Crippen molar-refractivity contribution in [2.24, 2.45) is 0 Å². The van der Waals surface area contributed by atoms with E-state index in [1.54, 1.807) is 6.92 Å². The second-order valence-corrected chi connectivity index (χ2v) is 3.71. The molecule has 0 saturated heterocycles. The van der Waals surface area contributed by atoms with Gasteiger partial charge in [0, 0.05) is 20.3 Å². The van der Waals surface area contributed by atoms with Crippen LogP contribution in [0.1, 0.15) is 26.7 Å². The van der Waals surface area contributed by atoms with Crippen LogP contribution in [-0.2, 0) is 9.53 Å². The second kappa shape index (κ2) is 10.0. The van der Waals surface area contributed by atoms with Crippen LogP contribution in [0.3, 0.4) is 0 Å². The molecule has 0 aromatic rings.